The second-order valence-electron chi connectivity index (χ2n) is 2.73. The number of phenolic OH excluding ortho intramolecular Hbond substituents is 1. The molecule has 1 heterocycles. The Bertz CT molecular complexity index is 468. The lowest BCUT2D eigenvalue weighted by atomic mass is 10.1. The van der Waals surface area contributed by atoms with Gasteiger partial charge in [0.1, 0.15) is 11.6 Å². The fraction of sp³-hybridized carbons (Fsp3) is 0. The summed E-state index contributed by atoms with van der Waals surface area (Å²) in [5, 5.41) is 8.98. The van der Waals surface area contributed by atoms with Gasteiger partial charge in [-0.3, -0.25) is 0 Å². The summed E-state index contributed by atoms with van der Waals surface area (Å²) in [5.41, 5.74) is 5.46. The van der Waals surface area contributed by atoms with E-state index in [1.807, 2.05) is 0 Å². The van der Waals surface area contributed by atoms with Gasteiger partial charge in [0.25, 0.3) is 6.01 Å². The zero-order valence-corrected chi connectivity index (χ0v) is 7.07. The van der Waals surface area contributed by atoms with Crippen molar-refractivity contribution in [3.05, 3.63) is 30.2 Å². The van der Waals surface area contributed by atoms with Crippen molar-refractivity contribution in [2.24, 2.45) is 0 Å². The molecule has 1 aromatic carbocycles. The number of benzene rings is 1. The molecule has 3 N–H and O–H groups in total. The van der Waals surface area contributed by atoms with Crippen LogP contribution < -0.4 is 5.73 Å². The number of aromatic hydroxyl groups is 1. The van der Waals surface area contributed by atoms with Crippen LogP contribution in [-0.2, 0) is 0 Å². The average molecular weight is 194 g/mol. The summed E-state index contributed by atoms with van der Waals surface area (Å²) >= 11 is 0. The highest BCUT2D eigenvalue weighted by molar-refractivity contribution is 5.59. The summed E-state index contributed by atoms with van der Waals surface area (Å²) < 4.78 is 18.2. The molecule has 0 radical (unpaired) electrons. The summed E-state index contributed by atoms with van der Waals surface area (Å²) in [4.78, 5) is 3.64. The zero-order chi connectivity index (χ0) is 10.1. The third kappa shape index (κ3) is 1.39. The maximum absolute atomic E-state index is 13.3. The highest BCUT2D eigenvalue weighted by Crippen LogP contribution is 2.26. The highest BCUT2D eigenvalue weighted by atomic mass is 19.1. The molecule has 0 amide bonds. The predicted molar refractivity (Wildman–Crippen MR) is 48.0 cm³/mol. The minimum Gasteiger partial charge on any atom is -0.508 e. The molecule has 1 aromatic heterocycles. The van der Waals surface area contributed by atoms with E-state index in [9.17, 15) is 4.39 Å². The smallest absolute Gasteiger partial charge is 0.292 e. The fourth-order valence-corrected chi connectivity index (χ4v) is 1.12. The van der Waals surface area contributed by atoms with E-state index in [-0.39, 0.29) is 23.1 Å². The first kappa shape index (κ1) is 8.55. The van der Waals surface area contributed by atoms with E-state index in [2.05, 4.69) is 4.98 Å². The quantitative estimate of drug-likeness (QED) is 0.725. The molecule has 0 unspecified atom stereocenters. The maximum Gasteiger partial charge on any atom is 0.292 e. The molecule has 5 heteroatoms. The van der Waals surface area contributed by atoms with E-state index in [0.29, 0.717) is 0 Å². The molecule has 0 aliphatic rings. The molecule has 2 aromatic rings. The van der Waals surface area contributed by atoms with E-state index in [1.54, 1.807) is 0 Å². The number of oxazole rings is 1. The van der Waals surface area contributed by atoms with Gasteiger partial charge in [-0.2, -0.15) is 0 Å². The van der Waals surface area contributed by atoms with Gasteiger partial charge in [0, 0.05) is 6.07 Å². The molecule has 14 heavy (non-hydrogen) atoms. The van der Waals surface area contributed by atoms with Gasteiger partial charge in [-0.25, -0.2) is 9.37 Å². The lowest BCUT2D eigenvalue weighted by molar-refractivity contribution is 0.469. The summed E-state index contributed by atoms with van der Waals surface area (Å²) in [7, 11) is 0. The van der Waals surface area contributed by atoms with Crippen LogP contribution in [0.2, 0.25) is 0 Å². The Morgan fingerprint density at radius 3 is 2.79 bits per heavy atom. The first-order chi connectivity index (χ1) is 6.66. The van der Waals surface area contributed by atoms with Crippen LogP contribution in [-0.4, -0.2) is 10.1 Å². The average Bonchev–Trinajstić information content (AvgIpc) is 2.51. The normalized spacial score (nSPS) is 10.4. The van der Waals surface area contributed by atoms with E-state index in [0.717, 1.165) is 6.07 Å². The molecule has 0 atom stereocenters. The maximum atomic E-state index is 13.3. The number of rotatable bonds is 1. The summed E-state index contributed by atoms with van der Waals surface area (Å²) in [6.07, 6.45) is 1.32. The number of nitrogen functional groups attached to an aromatic ring is 1. The number of aromatic nitrogens is 1. The molecule has 0 aliphatic heterocycles. The first-order valence-corrected chi connectivity index (χ1v) is 3.87. The highest BCUT2D eigenvalue weighted by Gasteiger charge is 2.09. The first-order valence-electron chi connectivity index (χ1n) is 3.87. The van der Waals surface area contributed by atoms with Crippen LogP contribution in [0, 0.1) is 5.82 Å². The Kier molecular flexibility index (Phi) is 1.85. The summed E-state index contributed by atoms with van der Waals surface area (Å²) in [6.45, 7) is 0. The number of hydrogen-bond donors (Lipinski definition) is 2. The number of nitrogens with zero attached hydrogens (tertiary/aromatic N) is 1. The van der Waals surface area contributed by atoms with Crippen molar-refractivity contribution in [2.45, 2.75) is 0 Å². The molecular weight excluding hydrogens is 187 g/mol. The molecule has 0 fully saturated rings. The number of nitrogens with two attached hydrogens (primary N) is 1. The van der Waals surface area contributed by atoms with E-state index < -0.39 is 5.82 Å². The molecule has 72 valence electrons. The minimum absolute atomic E-state index is 0.0209. The minimum atomic E-state index is -0.582. The van der Waals surface area contributed by atoms with Crippen LogP contribution in [0.15, 0.2) is 28.8 Å². The van der Waals surface area contributed by atoms with Crippen LogP contribution >= 0.6 is 0 Å². The number of anilines is 1. The topological polar surface area (TPSA) is 72.3 Å². The van der Waals surface area contributed by atoms with Crippen LogP contribution in [0.3, 0.4) is 0 Å². The predicted octanol–water partition coefficient (Wildman–Crippen LogP) is 1.77. The summed E-state index contributed by atoms with van der Waals surface area (Å²) in [6, 6.07) is 3.72. The van der Waals surface area contributed by atoms with Crippen LogP contribution in [0.1, 0.15) is 0 Å². The lowest BCUT2D eigenvalue weighted by Crippen LogP contribution is -1.82. The van der Waals surface area contributed by atoms with Gasteiger partial charge in [0.15, 0.2) is 5.76 Å². The Morgan fingerprint density at radius 1 is 1.43 bits per heavy atom. The molecule has 0 spiro atoms. The van der Waals surface area contributed by atoms with Crippen molar-refractivity contribution in [1.29, 1.82) is 0 Å². The van der Waals surface area contributed by atoms with Gasteiger partial charge in [-0.15, -0.1) is 0 Å². The van der Waals surface area contributed by atoms with Gasteiger partial charge >= 0.3 is 0 Å². The second kappa shape index (κ2) is 3.02. The Morgan fingerprint density at radius 2 is 2.21 bits per heavy atom. The number of phenols is 1. The van der Waals surface area contributed by atoms with Gasteiger partial charge in [0.05, 0.1) is 11.8 Å². The van der Waals surface area contributed by atoms with Crippen LogP contribution in [0.5, 0.6) is 5.75 Å². The number of halogens is 1. The van der Waals surface area contributed by atoms with Crippen molar-refractivity contribution >= 4 is 6.01 Å². The van der Waals surface area contributed by atoms with Crippen molar-refractivity contribution in [1.82, 2.24) is 4.98 Å². The monoisotopic (exact) mass is 194 g/mol. The van der Waals surface area contributed by atoms with Crippen molar-refractivity contribution in [3.63, 3.8) is 0 Å². The van der Waals surface area contributed by atoms with Gasteiger partial charge < -0.3 is 15.3 Å². The lowest BCUT2D eigenvalue weighted by Gasteiger charge is -1.98. The molecule has 0 saturated heterocycles. The van der Waals surface area contributed by atoms with E-state index in [1.165, 1.54) is 18.3 Å². The third-order valence-corrected chi connectivity index (χ3v) is 1.74. The largest absolute Gasteiger partial charge is 0.508 e. The second-order valence-corrected chi connectivity index (χ2v) is 2.73. The van der Waals surface area contributed by atoms with Gasteiger partial charge in [-0.05, 0) is 12.1 Å². The van der Waals surface area contributed by atoms with Crippen molar-refractivity contribution in [2.75, 3.05) is 5.73 Å². The Hall–Kier alpha value is -2.04. The van der Waals surface area contributed by atoms with Crippen molar-refractivity contribution < 1.29 is 13.9 Å². The molecule has 0 bridgehead atoms. The molecule has 4 nitrogen and oxygen atoms in total. The standard InChI is InChI=1S/C9H7FN2O2/c10-7-3-5(13)1-2-6(7)8-4-12-9(11)14-8/h1-4,13H,(H2,11,12). The fourth-order valence-electron chi connectivity index (χ4n) is 1.12. The SMILES string of the molecule is Nc1ncc(-c2ccc(O)cc2F)o1. The Labute approximate surface area is 78.8 Å². The molecule has 2 rings (SSSR count). The molecule has 0 aliphatic carbocycles. The van der Waals surface area contributed by atoms with Crippen molar-refractivity contribution in [3.8, 4) is 17.1 Å². The molecular formula is C9H7FN2O2. The Balaban J connectivity index is 2.52. The van der Waals surface area contributed by atoms with E-state index in [4.69, 9.17) is 15.3 Å². The van der Waals surface area contributed by atoms with Gasteiger partial charge in [0.2, 0.25) is 0 Å². The van der Waals surface area contributed by atoms with E-state index >= 15 is 0 Å². The van der Waals surface area contributed by atoms with Crippen LogP contribution in [0.4, 0.5) is 10.4 Å². The van der Waals surface area contributed by atoms with Crippen LogP contribution in [0.25, 0.3) is 11.3 Å². The number of hydrogen-bond acceptors (Lipinski definition) is 4. The third-order valence-electron chi connectivity index (χ3n) is 1.74. The zero-order valence-electron chi connectivity index (χ0n) is 7.07. The molecule has 0 saturated carbocycles. The summed E-state index contributed by atoms with van der Waals surface area (Å²) in [5.74, 6) is -0.486. The van der Waals surface area contributed by atoms with Gasteiger partial charge in [-0.1, -0.05) is 0 Å².